The van der Waals surface area contributed by atoms with Crippen LogP contribution in [0.25, 0.3) is 0 Å². The molecule has 1 aliphatic heterocycles. The lowest BCUT2D eigenvalue weighted by molar-refractivity contribution is -0.117. The molecule has 0 saturated carbocycles. The molecular weight excluding hydrogens is 244 g/mol. The highest BCUT2D eigenvalue weighted by molar-refractivity contribution is 5.89. The van der Waals surface area contributed by atoms with Crippen LogP contribution in [-0.4, -0.2) is 36.1 Å². The first kappa shape index (κ1) is 13.7. The minimum atomic E-state index is -0.0404. The summed E-state index contributed by atoms with van der Waals surface area (Å²) in [6.07, 6.45) is 2.73. The molecule has 1 unspecified atom stereocenters. The van der Waals surface area contributed by atoms with Crippen molar-refractivity contribution in [2.24, 2.45) is 5.92 Å². The molecule has 1 fully saturated rings. The standard InChI is InChI=1S/C13H20N4O2/c1-9-6-12(19-2)17-13(15-9)16-11(18)7-10-4-3-5-14-8-10/h6,10,14H,3-5,7-8H2,1-2H3,(H,15,16,17,18). The maximum atomic E-state index is 11.9. The second-order valence-corrected chi connectivity index (χ2v) is 4.84. The summed E-state index contributed by atoms with van der Waals surface area (Å²) in [5, 5.41) is 6.04. The van der Waals surface area contributed by atoms with Gasteiger partial charge in [-0.2, -0.15) is 4.98 Å². The summed E-state index contributed by atoms with van der Waals surface area (Å²) in [5.74, 6) is 1.13. The molecular formula is C13H20N4O2. The topological polar surface area (TPSA) is 76.1 Å². The molecule has 2 heterocycles. The summed E-state index contributed by atoms with van der Waals surface area (Å²) in [5.41, 5.74) is 0.765. The molecule has 0 aromatic carbocycles. The zero-order valence-corrected chi connectivity index (χ0v) is 11.4. The van der Waals surface area contributed by atoms with E-state index < -0.39 is 0 Å². The molecule has 104 valence electrons. The summed E-state index contributed by atoms with van der Waals surface area (Å²) in [4.78, 5) is 20.2. The van der Waals surface area contributed by atoms with Crippen molar-refractivity contribution in [1.82, 2.24) is 15.3 Å². The van der Waals surface area contributed by atoms with Crippen molar-refractivity contribution >= 4 is 11.9 Å². The number of rotatable bonds is 4. The van der Waals surface area contributed by atoms with Gasteiger partial charge in [-0.1, -0.05) is 0 Å². The largest absolute Gasteiger partial charge is 0.481 e. The predicted molar refractivity (Wildman–Crippen MR) is 72.2 cm³/mol. The first-order valence-electron chi connectivity index (χ1n) is 6.57. The summed E-state index contributed by atoms with van der Waals surface area (Å²) in [6, 6.07) is 1.72. The highest BCUT2D eigenvalue weighted by Gasteiger charge is 2.17. The Balaban J connectivity index is 1.92. The smallest absolute Gasteiger partial charge is 0.232 e. The van der Waals surface area contributed by atoms with E-state index >= 15 is 0 Å². The second-order valence-electron chi connectivity index (χ2n) is 4.84. The molecule has 19 heavy (non-hydrogen) atoms. The van der Waals surface area contributed by atoms with Crippen LogP contribution in [0.5, 0.6) is 5.88 Å². The molecule has 6 heteroatoms. The Bertz CT molecular complexity index is 444. The van der Waals surface area contributed by atoms with Crippen LogP contribution in [0, 0.1) is 12.8 Å². The maximum Gasteiger partial charge on any atom is 0.232 e. The van der Waals surface area contributed by atoms with Gasteiger partial charge in [-0.05, 0) is 38.8 Å². The van der Waals surface area contributed by atoms with E-state index in [9.17, 15) is 4.79 Å². The number of amides is 1. The van der Waals surface area contributed by atoms with E-state index in [-0.39, 0.29) is 5.91 Å². The number of carbonyl (C=O) groups excluding carboxylic acids is 1. The van der Waals surface area contributed by atoms with E-state index in [1.807, 2.05) is 6.92 Å². The Morgan fingerprint density at radius 2 is 2.42 bits per heavy atom. The molecule has 1 amide bonds. The van der Waals surface area contributed by atoms with Crippen LogP contribution < -0.4 is 15.4 Å². The van der Waals surface area contributed by atoms with Crippen molar-refractivity contribution in [2.45, 2.75) is 26.2 Å². The number of hydrogen-bond acceptors (Lipinski definition) is 5. The third-order valence-electron chi connectivity index (χ3n) is 3.16. The Hall–Kier alpha value is -1.69. The van der Waals surface area contributed by atoms with Crippen molar-refractivity contribution in [3.05, 3.63) is 11.8 Å². The molecule has 0 spiro atoms. The van der Waals surface area contributed by atoms with Crippen LogP contribution in [0.1, 0.15) is 25.0 Å². The van der Waals surface area contributed by atoms with Gasteiger partial charge in [-0.3, -0.25) is 10.1 Å². The molecule has 0 bridgehead atoms. The quantitative estimate of drug-likeness (QED) is 0.852. The number of aromatic nitrogens is 2. The van der Waals surface area contributed by atoms with Crippen LogP contribution in [0.3, 0.4) is 0 Å². The molecule has 1 aromatic heterocycles. The van der Waals surface area contributed by atoms with Gasteiger partial charge >= 0.3 is 0 Å². The minimum Gasteiger partial charge on any atom is -0.481 e. The van der Waals surface area contributed by atoms with Crippen molar-refractivity contribution < 1.29 is 9.53 Å². The summed E-state index contributed by atoms with van der Waals surface area (Å²) in [6.45, 7) is 3.80. The molecule has 0 radical (unpaired) electrons. The highest BCUT2D eigenvalue weighted by Crippen LogP contribution is 2.16. The zero-order chi connectivity index (χ0) is 13.7. The number of carbonyl (C=O) groups is 1. The lowest BCUT2D eigenvalue weighted by atomic mass is 9.96. The van der Waals surface area contributed by atoms with Crippen LogP contribution in [0.2, 0.25) is 0 Å². The Kier molecular flexibility index (Phi) is 4.68. The number of ether oxygens (including phenoxy) is 1. The van der Waals surface area contributed by atoms with E-state index in [0.29, 0.717) is 24.2 Å². The molecule has 2 N–H and O–H groups in total. The third-order valence-corrected chi connectivity index (χ3v) is 3.16. The average molecular weight is 264 g/mol. The first-order chi connectivity index (χ1) is 9.17. The molecule has 2 rings (SSSR count). The van der Waals surface area contributed by atoms with Gasteiger partial charge in [-0.15, -0.1) is 0 Å². The monoisotopic (exact) mass is 264 g/mol. The average Bonchev–Trinajstić information content (AvgIpc) is 2.38. The van der Waals surface area contributed by atoms with Gasteiger partial charge < -0.3 is 10.1 Å². The maximum absolute atomic E-state index is 11.9. The van der Waals surface area contributed by atoms with Gasteiger partial charge in [0.2, 0.25) is 17.7 Å². The van der Waals surface area contributed by atoms with E-state index in [2.05, 4.69) is 20.6 Å². The van der Waals surface area contributed by atoms with Gasteiger partial charge in [0.05, 0.1) is 7.11 Å². The van der Waals surface area contributed by atoms with E-state index in [4.69, 9.17) is 4.74 Å². The number of piperidine rings is 1. The fourth-order valence-electron chi connectivity index (χ4n) is 2.24. The van der Waals surface area contributed by atoms with Gasteiger partial charge in [-0.25, -0.2) is 4.98 Å². The highest BCUT2D eigenvalue weighted by atomic mass is 16.5. The lowest BCUT2D eigenvalue weighted by Crippen LogP contribution is -2.32. The van der Waals surface area contributed by atoms with Gasteiger partial charge in [0.25, 0.3) is 0 Å². The molecule has 1 saturated heterocycles. The Morgan fingerprint density at radius 1 is 1.58 bits per heavy atom. The molecule has 1 aromatic rings. The minimum absolute atomic E-state index is 0.0404. The summed E-state index contributed by atoms with van der Waals surface area (Å²) < 4.78 is 5.05. The van der Waals surface area contributed by atoms with E-state index in [1.54, 1.807) is 13.2 Å². The van der Waals surface area contributed by atoms with Crippen LogP contribution in [0.15, 0.2) is 6.07 Å². The third kappa shape index (κ3) is 4.17. The molecule has 0 aliphatic carbocycles. The number of anilines is 1. The lowest BCUT2D eigenvalue weighted by Gasteiger charge is -2.21. The van der Waals surface area contributed by atoms with Crippen molar-refractivity contribution in [1.29, 1.82) is 0 Å². The Morgan fingerprint density at radius 3 is 3.11 bits per heavy atom. The normalized spacial score (nSPS) is 18.9. The molecule has 6 nitrogen and oxygen atoms in total. The van der Waals surface area contributed by atoms with Crippen LogP contribution >= 0.6 is 0 Å². The molecule has 1 atom stereocenters. The number of aryl methyl sites for hydroxylation is 1. The fourth-order valence-corrected chi connectivity index (χ4v) is 2.24. The predicted octanol–water partition coefficient (Wildman–Crippen LogP) is 1.12. The van der Waals surface area contributed by atoms with E-state index in [0.717, 1.165) is 31.6 Å². The van der Waals surface area contributed by atoms with Gasteiger partial charge in [0, 0.05) is 18.2 Å². The van der Waals surface area contributed by atoms with Crippen molar-refractivity contribution in [3.8, 4) is 5.88 Å². The zero-order valence-electron chi connectivity index (χ0n) is 11.4. The number of hydrogen-bond donors (Lipinski definition) is 2. The first-order valence-corrected chi connectivity index (χ1v) is 6.57. The second kappa shape index (κ2) is 6.47. The van der Waals surface area contributed by atoms with Gasteiger partial charge in [0.1, 0.15) is 0 Å². The molecule has 1 aliphatic rings. The SMILES string of the molecule is COc1cc(C)nc(NC(=O)CC2CCCNC2)n1. The summed E-state index contributed by atoms with van der Waals surface area (Å²) in [7, 11) is 1.54. The van der Waals surface area contributed by atoms with Gasteiger partial charge in [0.15, 0.2) is 0 Å². The summed E-state index contributed by atoms with van der Waals surface area (Å²) >= 11 is 0. The number of nitrogens with zero attached hydrogens (tertiary/aromatic N) is 2. The number of nitrogens with one attached hydrogen (secondary N) is 2. The number of methoxy groups -OCH3 is 1. The van der Waals surface area contributed by atoms with Crippen LogP contribution in [-0.2, 0) is 4.79 Å². The van der Waals surface area contributed by atoms with Crippen molar-refractivity contribution in [3.63, 3.8) is 0 Å². The van der Waals surface area contributed by atoms with E-state index in [1.165, 1.54) is 0 Å². The Labute approximate surface area is 113 Å². The fraction of sp³-hybridized carbons (Fsp3) is 0.615. The van der Waals surface area contributed by atoms with Crippen molar-refractivity contribution in [2.75, 3.05) is 25.5 Å². The van der Waals surface area contributed by atoms with Crippen LogP contribution in [0.4, 0.5) is 5.95 Å².